The van der Waals surface area contributed by atoms with Gasteiger partial charge in [0.25, 0.3) is 0 Å². The number of hydrogen-bond donors (Lipinski definition) is 1. The molecule has 0 saturated carbocycles. The highest BCUT2D eigenvalue weighted by molar-refractivity contribution is 7.16. The predicted molar refractivity (Wildman–Crippen MR) is 66.8 cm³/mol. The Balaban J connectivity index is 2.54. The van der Waals surface area contributed by atoms with Crippen LogP contribution < -0.4 is 0 Å². The fourth-order valence-electron chi connectivity index (χ4n) is 1.49. The number of carboxylic acid groups (broad SMARTS) is 1. The fourth-order valence-corrected chi connectivity index (χ4v) is 2.39. The Morgan fingerprint density at radius 1 is 1.25 bits per heavy atom. The van der Waals surface area contributed by atoms with Crippen LogP contribution >= 0.6 is 11.3 Å². The third-order valence-corrected chi connectivity index (χ3v) is 3.37. The lowest BCUT2D eigenvalue weighted by atomic mass is 10.1. The van der Waals surface area contributed by atoms with Gasteiger partial charge in [-0.1, -0.05) is 30.9 Å². The third-order valence-electron chi connectivity index (χ3n) is 2.25. The van der Waals surface area contributed by atoms with Crippen molar-refractivity contribution in [2.75, 3.05) is 0 Å². The van der Waals surface area contributed by atoms with E-state index in [0.717, 1.165) is 15.3 Å². The first-order chi connectivity index (χ1) is 7.72. The topological polar surface area (TPSA) is 37.3 Å². The van der Waals surface area contributed by atoms with E-state index in [-0.39, 0.29) is 0 Å². The number of thiophene rings is 1. The molecule has 2 rings (SSSR count). The second-order valence-electron chi connectivity index (χ2n) is 3.26. The van der Waals surface area contributed by atoms with E-state index in [1.165, 1.54) is 11.3 Å². The molecule has 1 aromatic carbocycles. The molecule has 0 aliphatic carbocycles. The summed E-state index contributed by atoms with van der Waals surface area (Å²) < 4.78 is 0. The average molecular weight is 230 g/mol. The van der Waals surface area contributed by atoms with Gasteiger partial charge >= 0.3 is 5.97 Å². The molecule has 2 nitrogen and oxygen atoms in total. The minimum atomic E-state index is -0.899. The van der Waals surface area contributed by atoms with Gasteiger partial charge in [-0.25, -0.2) is 4.79 Å². The maximum atomic E-state index is 11.1. The standard InChI is InChI=1S/C13H10O2S/c1-2-9-7-8-12(16-9)10-5-3-4-6-11(10)13(14)15/h2-8H,1H2,(H,14,15). The van der Waals surface area contributed by atoms with Crippen LogP contribution in [0.2, 0.25) is 0 Å². The molecule has 0 bridgehead atoms. The third kappa shape index (κ3) is 1.90. The Kier molecular flexibility index (Phi) is 2.88. The minimum absolute atomic E-state index is 0.333. The molecule has 0 radical (unpaired) electrons. The van der Waals surface area contributed by atoms with E-state index in [1.54, 1.807) is 18.2 Å². The molecule has 2 aromatic rings. The van der Waals surface area contributed by atoms with Crippen molar-refractivity contribution in [1.82, 2.24) is 0 Å². The summed E-state index contributed by atoms with van der Waals surface area (Å²) in [6.45, 7) is 3.69. The van der Waals surface area contributed by atoms with Crippen LogP contribution in [0.3, 0.4) is 0 Å². The van der Waals surface area contributed by atoms with E-state index in [4.69, 9.17) is 5.11 Å². The van der Waals surface area contributed by atoms with Gasteiger partial charge < -0.3 is 5.11 Å². The van der Waals surface area contributed by atoms with Crippen molar-refractivity contribution in [3.8, 4) is 10.4 Å². The molecular formula is C13H10O2S. The quantitative estimate of drug-likeness (QED) is 0.871. The first-order valence-electron chi connectivity index (χ1n) is 4.77. The molecule has 0 fully saturated rings. The largest absolute Gasteiger partial charge is 0.478 e. The number of carbonyl (C=O) groups is 1. The van der Waals surface area contributed by atoms with Crippen LogP contribution in [0.4, 0.5) is 0 Å². The summed E-state index contributed by atoms with van der Waals surface area (Å²) in [5, 5.41) is 9.08. The van der Waals surface area contributed by atoms with Gasteiger partial charge in [0.1, 0.15) is 0 Å². The number of carboxylic acids is 1. The van der Waals surface area contributed by atoms with Crippen LogP contribution in [0, 0.1) is 0 Å². The highest BCUT2D eigenvalue weighted by atomic mass is 32.1. The van der Waals surface area contributed by atoms with E-state index in [2.05, 4.69) is 6.58 Å². The van der Waals surface area contributed by atoms with Gasteiger partial charge in [0.2, 0.25) is 0 Å². The van der Waals surface area contributed by atoms with Crippen molar-refractivity contribution in [2.45, 2.75) is 0 Å². The maximum absolute atomic E-state index is 11.1. The second-order valence-corrected chi connectivity index (χ2v) is 4.37. The summed E-state index contributed by atoms with van der Waals surface area (Å²) in [5.41, 5.74) is 1.09. The molecule has 0 saturated heterocycles. The van der Waals surface area contributed by atoms with Crippen LogP contribution in [0.15, 0.2) is 43.0 Å². The molecule has 1 heterocycles. The van der Waals surface area contributed by atoms with E-state index in [0.29, 0.717) is 5.56 Å². The molecular weight excluding hydrogens is 220 g/mol. The maximum Gasteiger partial charge on any atom is 0.336 e. The first-order valence-corrected chi connectivity index (χ1v) is 5.59. The fraction of sp³-hybridized carbons (Fsp3) is 0. The van der Waals surface area contributed by atoms with Gasteiger partial charge in [-0.05, 0) is 18.2 Å². The van der Waals surface area contributed by atoms with Gasteiger partial charge in [0.05, 0.1) is 5.56 Å². The lowest BCUT2D eigenvalue weighted by Gasteiger charge is -2.02. The van der Waals surface area contributed by atoms with Crippen molar-refractivity contribution in [1.29, 1.82) is 0 Å². The number of hydrogen-bond acceptors (Lipinski definition) is 2. The van der Waals surface area contributed by atoms with Crippen molar-refractivity contribution in [2.24, 2.45) is 0 Å². The van der Waals surface area contributed by atoms with E-state index in [1.807, 2.05) is 24.3 Å². The number of rotatable bonds is 3. The summed E-state index contributed by atoms with van der Waals surface area (Å²) in [7, 11) is 0. The monoisotopic (exact) mass is 230 g/mol. The molecule has 3 heteroatoms. The zero-order chi connectivity index (χ0) is 11.5. The Hall–Kier alpha value is -1.87. The van der Waals surface area contributed by atoms with E-state index < -0.39 is 5.97 Å². The molecule has 16 heavy (non-hydrogen) atoms. The Morgan fingerprint density at radius 3 is 2.62 bits per heavy atom. The van der Waals surface area contributed by atoms with Crippen LogP contribution in [-0.2, 0) is 0 Å². The van der Waals surface area contributed by atoms with E-state index in [9.17, 15) is 4.79 Å². The highest BCUT2D eigenvalue weighted by Crippen LogP contribution is 2.31. The average Bonchev–Trinajstić information content (AvgIpc) is 2.77. The van der Waals surface area contributed by atoms with Gasteiger partial charge in [0, 0.05) is 15.3 Å². The number of benzene rings is 1. The Bertz CT molecular complexity index is 540. The Labute approximate surface area is 97.5 Å². The lowest BCUT2D eigenvalue weighted by molar-refractivity contribution is 0.0698. The van der Waals surface area contributed by atoms with Gasteiger partial charge in [-0.2, -0.15) is 0 Å². The molecule has 0 aliphatic heterocycles. The van der Waals surface area contributed by atoms with Gasteiger partial charge in [-0.3, -0.25) is 0 Å². The smallest absolute Gasteiger partial charge is 0.336 e. The molecule has 80 valence electrons. The van der Waals surface area contributed by atoms with Crippen molar-refractivity contribution < 1.29 is 9.90 Å². The summed E-state index contributed by atoms with van der Waals surface area (Å²) in [6, 6.07) is 10.9. The summed E-state index contributed by atoms with van der Waals surface area (Å²) >= 11 is 1.54. The second kappa shape index (κ2) is 4.33. The SMILES string of the molecule is C=Cc1ccc(-c2ccccc2C(=O)O)s1. The van der Waals surface area contributed by atoms with Crippen molar-refractivity contribution in [3.63, 3.8) is 0 Å². The zero-order valence-electron chi connectivity index (χ0n) is 8.51. The molecule has 0 unspecified atom stereocenters. The normalized spacial score (nSPS) is 10.0. The molecule has 0 amide bonds. The van der Waals surface area contributed by atoms with E-state index >= 15 is 0 Å². The number of aromatic carboxylic acids is 1. The summed E-state index contributed by atoms with van der Waals surface area (Å²) in [5.74, 6) is -0.899. The van der Waals surface area contributed by atoms with Crippen LogP contribution in [0.25, 0.3) is 16.5 Å². The van der Waals surface area contributed by atoms with Crippen molar-refractivity contribution in [3.05, 3.63) is 53.4 Å². The predicted octanol–water partition coefficient (Wildman–Crippen LogP) is 3.76. The van der Waals surface area contributed by atoms with Gasteiger partial charge in [-0.15, -0.1) is 11.3 Å². The molecule has 0 spiro atoms. The van der Waals surface area contributed by atoms with Crippen LogP contribution in [0.5, 0.6) is 0 Å². The first kappa shape index (κ1) is 10.6. The minimum Gasteiger partial charge on any atom is -0.478 e. The Morgan fingerprint density at radius 2 is 2.00 bits per heavy atom. The highest BCUT2D eigenvalue weighted by Gasteiger charge is 2.11. The molecule has 1 aromatic heterocycles. The molecule has 1 N–H and O–H groups in total. The lowest BCUT2D eigenvalue weighted by Crippen LogP contribution is -1.97. The summed E-state index contributed by atoms with van der Waals surface area (Å²) in [6.07, 6.45) is 1.76. The van der Waals surface area contributed by atoms with Gasteiger partial charge in [0.15, 0.2) is 0 Å². The summed E-state index contributed by atoms with van der Waals surface area (Å²) in [4.78, 5) is 13.0. The zero-order valence-corrected chi connectivity index (χ0v) is 9.33. The van der Waals surface area contributed by atoms with Crippen LogP contribution in [-0.4, -0.2) is 11.1 Å². The van der Waals surface area contributed by atoms with Crippen LogP contribution in [0.1, 0.15) is 15.2 Å². The van der Waals surface area contributed by atoms with Crippen molar-refractivity contribution >= 4 is 23.4 Å². The molecule has 0 aliphatic rings. The molecule has 0 atom stereocenters.